The van der Waals surface area contributed by atoms with Crippen LogP contribution in [0.25, 0.3) is 0 Å². The number of aromatic nitrogens is 1. The van der Waals surface area contributed by atoms with E-state index < -0.39 is 0 Å². The smallest absolute Gasteiger partial charge is 0.257 e. The Morgan fingerprint density at radius 2 is 2.11 bits per heavy atom. The molecule has 1 aromatic carbocycles. The van der Waals surface area contributed by atoms with Gasteiger partial charge in [0.2, 0.25) is 0 Å². The molecule has 3 nitrogen and oxygen atoms in total. The summed E-state index contributed by atoms with van der Waals surface area (Å²) in [6.45, 7) is 1.91. The first kappa shape index (κ1) is 13.1. The van der Waals surface area contributed by atoms with E-state index in [1.54, 1.807) is 30.6 Å². The van der Waals surface area contributed by atoms with Gasteiger partial charge in [0.1, 0.15) is 0 Å². The SMILES string of the molecule is Cc1cncc(NC(=O)c2cc(Br)ccc2Cl)c1. The molecule has 18 heavy (non-hydrogen) atoms. The molecule has 1 N–H and O–H groups in total. The summed E-state index contributed by atoms with van der Waals surface area (Å²) < 4.78 is 0.805. The molecule has 92 valence electrons. The number of hydrogen-bond acceptors (Lipinski definition) is 2. The highest BCUT2D eigenvalue weighted by atomic mass is 79.9. The highest BCUT2D eigenvalue weighted by molar-refractivity contribution is 9.10. The number of carbonyl (C=O) groups excluding carboxylic acids is 1. The van der Waals surface area contributed by atoms with Crippen LogP contribution in [0.2, 0.25) is 5.02 Å². The summed E-state index contributed by atoms with van der Waals surface area (Å²) in [6, 6.07) is 6.99. The van der Waals surface area contributed by atoms with Gasteiger partial charge in [-0.15, -0.1) is 0 Å². The van der Waals surface area contributed by atoms with Crippen molar-refractivity contribution in [2.24, 2.45) is 0 Å². The molecule has 1 heterocycles. The molecule has 0 saturated heterocycles. The van der Waals surface area contributed by atoms with Crippen molar-refractivity contribution in [2.75, 3.05) is 5.32 Å². The highest BCUT2D eigenvalue weighted by Crippen LogP contribution is 2.22. The molecule has 0 atom stereocenters. The third-order valence-electron chi connectivity index (χ3n) is 2.31. The van der Waals surface area contributed by atoms with E-state index in [2.05, 4.69) is 26.2 Å². The Balaban J connectivity index is 2.24. The van der Waals surface area contributed by atoms with Crippen LogP contribution in [0.5, 0.6) is 0 Å². The van der Waals surface area contributed by atoms with E-state index >= 15 is 0 Å². The van der Waals surface area contributed by atoms with E-state index in [-0.39, 0.29) is 5.91 Å². The maximum Gasteiger partial charge on any atom is 0.257 e. The third-order valence-corrected chi connectivity index (χ3v) is 3.13. The molecule has 0 aliphatic rings. The molecule has 0 fully saturated rings. The second-order valence-electron chi connectivity index (χ2n) is 3.83. The maximum absolute atomic E-state index is 12.1. The minimum Gasteiger partial charge on any atom is -0.321 e. The minimum atomic E-state index is -0.256. The number of nitrogens with zero attached hydrogens (tertiary/aromatic N) is 1. The molecule has 2 aromatic rings. The molecular weight excluding hydrogens is 316 g/mol. The number of benzene rings is 1. The number of anilines is 1. The average Bonchev–Trinajstić information content (AvgIpc) is 2.32. The fraction of sp³-hybridized carbons (Fsp3) is 0.0769. The number of amides is 1. The van der Waals surface area contributed by atoms with E-state index in [9.17, 15) is 4.79 Å². The second-order valence-corrected chi connectivity index (χ2v) is 5.15. The average molecular weight is 326 g/mol. The first-order chi connectivity index (χ1) is 8.56. The van der Waals surface area contributed by atoms with Gasteiger partial charge in [-0.3, -0.25) is 9.78 Å². The van der Waals surface area contributed by atoms with Crippen LogP contribution >= 0.6 is 27.5 Å². The van der Waals surface area contributed by atoms with Crippen LogP contribution in [0.4, 0.5) is 5.69 Å². The van der Waals surface area contributed by atoms with Crippen molar-refractivity contribution in [2.45, 2.75) is 6.92 Å². The molecule has 1 aromatic heterocycles. The number of rotatable bonds is 2. The Morgan fingerprint density at radius 3 is 2.83 bits per heavy atom. The molecule has 0 radical (unpaired) electrons. The molecular formula is C13H10BrClN2O. The van der Waals surface area contributed by atoms with Crippen molar-refractivity contribution >= 4 is 39.1 Å². The molecule has 0 unspecified atom stereocenters. The van der Waals surface area contributed by atoms with Gasteiger partial charge in [-0.2, -0.15) is 0 Å². The standard InChI is InChI=1S/C13H10BrClN2O/c1-8-4-10(7-16-6-8)17-13(18)11-5-9(14)2-3-12(11)15/h2-7H,1H3,(H,17,18). The van der Waals surface area contributed by atoms with Gasteiger partial charge < -0.3 is 5.32 Å². The molecule has 5 heteroatoms. The van der Waals surface area contributed by atoms with Crippen LogP contribution in [0.3, 0.4) is 0 Å². The van der Waals surface area contributed by atoms with Crippen molar-refractivity contribution in [1.82, 2.24) is 4.98 Å². The van der Waals surface area contributed by atoms with E-state index in [1.807, 2.05) is 13.0 Å². The summed E-state index contributed by atoms with van der Waals surface area (Å²) >= 11 is 9.30. The summed E-state index contributed by atoms with van der Waals surface area (Å²) in [6.07, 6.45) is 3.32. The largest absolute Gasteiger partial charge is 0.321 e. The van der Waals surface area contributed by atoms with Crippen LogP contribution in [0.15, 0.2) is 41.1 Å². The van der Waals surface area contributed by atoms with E-state index in [0.717, 1.165) is 10.0 Å². The summed E-state index contributed by atoms with van der Waals surface area (Å²) in [7, 11) is 0. The zero-order valence-electron chi connectivity index (χ0n) is 9.58. The molecule has 2 rings (SSSR count). The van der Waals surface area contributed by atoms with Gasteiger partial charge in [-0.05, 0) is 36.8 Å². The second kappa shape index (κ2) is 5.50. The Kier molecular flexibility index (Phi) is 3.99. The number of pyridine rings is 1. The third kappa shape index (κ3) is 3.09. The molecule has 0 saturated carbocycles. The first-order valence-electron chi connectivity index (χ1n) is 5.24. The monoisotopic (exact) mass is 324 g/mol. The van der Waals surface area contributed by atoms with Gasteiger partial charge >= 0.3 is 0 Å². The minimum absolute atomic E-state index is 0.256. The van der Waals surface area contributed by atoms with E-state index in [4.69, 9.17) is 11.6 Å². The Bertz CT molecular complexity index is 601. The normalized spacial score (nSPS) is 10.2. The van der Waals surface area contributed by atoms with Crippen LogP contribution in [-0.4, -0.2) is 10.9 Å². The summed E-state index contributed by atoms with van der Waals surface area (Å²) in [5.74, 6) is -0.256. The Labute approximate surface area is 118 Å². The maximum atomic E-state index is 12.1. The number of carbonyl (C=O) groups is 1. The number of aryl methyl sites for hydroxylation is 1. The number of nitrogens with one attached hydrogen (secondary N) is 1. The number of halogens is 2. The molecule has 0 aliphatic heterocycles. The summed E-state index contributed by atoms with van der Waals surface area (Å²) in [5.41, 5.74) is 2.05. The van der Waals surface area contributed by atoms with Gasteiger partial charge in [0, 0.05) is 10.7 Å². The van der Waals surface area contributed by atoms with Crippen LogP contribution in [0, 0.1) is 6.92 Å². The van der Waals surface area contributed by atoms with Crippen LogP contribution < -0.4 is 5.32 Å². The predicted octanol–water partition coefficient (Wildman–Crippen LogP) is 4.06. The zero-order chi connectivity index (χ0) is 13.1. The van der Waals surface area contributed by atoms with E-state index in [0.29, 0.717) is 16.3 Å². The van der Waals surface area contributed by atoms with Crippen molar-refractivity contribution < 1.29 is 4.79 Å². The number of hydrogen-bond donors (Lipinski definition) is 1. The van der Waals surface area contributed by atoms with Gasteiger partial charge in [-0.25, -0.2) is 0 Å². The topological polar surface area (TPSA) is 42.0 Å². The van der Waals surface area contributed by atoms with Crippen LogP contribution in [0.1, 0.15) is 15.9 Å². The van der Waals surface area contributed by atoms with Crippen molar-refractivity contribution in [1.29, 1.82) is 0 Å². The molecule has 0 bridgehead atoms. The predicted molar refractivity (Wildman–Crippen MR) is 76.1 cm³/mol. The lowest BCUT2D eigenvalue weighted by atomic mass is 10.2. The Morgan fingerprint density at radius 1 is 1.33 bits per heavy atom. The summed E-state index contributed by atoms with van der Waals surface area (Å²) in [4.78, 5) is 16.1. The fourth-order valence-corrected chi connectivity index (χ4v) is 2.06. The molecule has 1 amide bonds. The Hall–Kier alpha value is -1.39. The van der Waals surface area contributed by atoms with Gasteiger partial charge in [-0.1, -0.05) is 27.5 Å². The lowest BCUT2D eigenvalue weighted by Gasteiger charge is -2.07. The zero-order valence-corrected chi connectivity index (χ0v) is 11.9. The van der Waals surface area contributed by atoms with Crippen LogP contribution in [-0.2, 0) is 0 Å². The van der Waals surface area contributed by atoms with Crippen molar-refractivity contribution in [3.05, 3.63) is 57.3 Å². The van der Waals surface area contributed by atoms with E-state index in [1.165, 1.54) is 0 Å². The van der Waals surface area contributed by atoms with Crippen molar-refractivity contribution in [3.8, 4) is 0 Å². The lowest BCUT2D eigenvalue weighted by molar-refractivity contribution is 0.102. The van der Waals surface area contributed by atoms with Gasteiger partial charge in [0.25, 0.3) is 5.91 Å². The van der Waals surface area contributed by atoms with Gasteiger partial charge in [0.05, 0.1) is 22.5 Å². The summed E-state index contributed by atoms with van der Waals surface area (Å²) in [5, 5.41) is 3.17. The molecule has 0 spiro atoms. The highest BCUT2D eigenvalue weighted by Gasteiger charge is 2.11. The van der Waals surface area contributed by atoms with Crippen molar-refractivity contribution in [3.63, 3.8) is 0 Å². The quantitative estimate of drug-likeness (QED) is 0.905. The lowest BCUT2D eigenvalue weighted by Crippen LogP contribution is -2.12. The molecule has 0 aliphatic carbocycles. The first-order valence-corrected chi connectivity index (χ1v) is 6.41. The fourth-order valence-electron chi connectivity index (χ4n) is 1.49. The van der Waals surface area contributed by atoms with Gasteiger partial charge in [0.15, 0.2) is 0 Å².